The lowest BCUT2D eigenvalue weighted by molar-refractivity contribution is -0.137. The molecule has 0 unspecified atom stereocenters. The number of benzene rings is 2. The Morgan fingerprint density at radius 2 is 1.65 bits per heavy atom. The van der Waals surface area contributed by atoms with Crippen LogP contribution in [0.2, 0.25) is 0 Å². The molecule has 23 heavy (non-hydrogen) atoms. The molecule has 0 radical (unpaired) electrons. The second-order valence-corrected chi connectivity index (χ2v) is 5.56. The van der Waals surface area contributed by atoms with Gasteiger partial charge < -0.3 is 10.2 Å². The summed E-state index contributed by atoms with van der Waals surface area (Å²) in [5.41, 5.74) is -1.20. The molecule has 0 aliphatic rings. The normalized spacial score (nSPS) is 11.3. The van der Waals surface area contributed by atoms with Gasteiger partial charge in [0.05, 0.1) is 16.7 Å². The molecule has 4 nitrogen and oxygen atoms in total. The molecule has 0 spiro atoms. The average molecular weight is 342 g/mol. The van der Waals surface area contributed by atoms with Crippen LogP contribution in [0.4, 0.5) is 13.2 Å². The first-order valence-corrected chi connectivity index (χ1v) is 6.96. The number of hydrogen-bond acceptors (Lipinski definition) is 3. The molecule has 2 N–H and O–H groups in total. The second kappa shape index (κ2) is 6.33. The molecular formula is C15H9F3O4S. The van der Waals surface area contributed by atoms with Gasteiger partial charge in [-0.2, -0.15) is 13.2 Å². The highest BCUT2D eigenvalue weighted by Crippen LogP contribution is 2.36. The minimum absolute atomic E-state index is 0.0525. The zero-order valence-corrected chi connectivity index (χ0v) is 12.1. The summed E-state index contributed by atoms with van der Waals surface area (Å²) in [6.07, 6.45) is -4.52. The lowest BCUT2D eigenvalue weighted by Gasteiger charge is -2.10. The molecule has 8 heteroatoms. The van der Waals surface area contributed by atoms with Crippen LogP contribution in [-0.2, 0) is 6.18 Å². The maximum atomic E-state index is 12.7. The van der Waals surface area contributed by atoms with E-state index in [9.17, 15) is 22.8 Å². The quantitative estimate of drug-likeness (QED) is 0.869. The van der Waals surface area contributed by atoms with Gasteiger partial charge in [-0.1, -0.05) is 17.8 Å². The van der Waals surface area contributed by atoms with Gasteiger partial charge in [0.15, 0.2) is 0 Å². The third kappa shape index (κ3) is 4.04. The van der Waals surface area contributed by atoms with E-state index in [4.69, 9.17) is 10.2 Å². The van der Waals surface area contributed by atoms with Gasteiger partial charge in [-0.05, 0) is 36.4 Å². The predicted octanol–water partition coefficient (Wildman–Crippen LogP) is 4.25. The van der Waals surface area contributed by atoms with Crippen molar-refractivity contribution in [2.45, 2.75) is 16.0 Å². The van der Waals surface area contributed by atoms with Crippen molar-refractivity contribution in [3.8, 4) is 0 Å². The fourth-order valence-electron chi connectivity index (χ4n) is 1.78. The monoisotopic (exact) mass is 342 g/mol. The molecule has 0 aliphatic carbocycles. The largest absolute Gasteiger partial charge is 0.478 e. The number of rotatable bonds is 4. The van der Waals surface area contributed by atoms with Gasteiger partial charge in [0.1, 0.15) is 0 Å². The maximum Gasteiger partial charge on any atom is 0.416 e. The molecule has 0 saturated heterocycles. The molecule has 2 aromatic carbocycles. The van der Waals surface area contributed by atoms with Crippen LogP contribution in [0.15, 0.2) is 52.3 Å². The van der Waals surface area contributed by atoms with Gasteiger partial charge in [-0.25, -0.2) is 9.59 Å². The first-order chi connectivity index (χ1) is 10.7. The maximum absolute atomic E-state index is 12.7. The molecule has 0 bridgehead atoms. The van der Waals surface area contributed by atoms with Crippen LogP contribution in [-0.4, -0.2) is 22.2 Å². The van der Waals surface area contributed by atoms with Crippen LogP contribution in [0.1, 0.15) is 26.3 Å². The molecule has 0 aromatic heterocycles. The summed E-state index contributed by atoms with van der Waals surface area (Å²) in [6, 6.07) is 7.73. The zero-order chi connectivity index (χ0) is 17.2. The number of carbonyl (C=O) groups is 2. The Kier molecular flexibility index (Phi) is 4.65. The van der Waals surface area contributed by atoms with Crippen molar-refractivity contribution < 1.29 is 33.0 Å². The van der Waals surface area contributed by atoms with Gasteiger partial charge in [0, 0.05) is 9.79 Å². The van der Waals surface area contributed by atoms with Crippen LogP contribution in [0, 0.1) is 0 Å². The van der Waals surface area contributed by atoms with E-state index in [1.807, 2.05) is 0 Å². The highest BCUT2D eigenvalue weighted by atomic mass is 32.2. The summed E-state index contributed by atoms with van der Waals surface area (Å²) in [4.78, 5) is 22.4. The summed E-state index contributed by atoms with van der Waals surface area (Å²) in [5.74, 6) is -2.55. The van der Waals surface area contributed by atoms with Gasteiger partial charge in [0.2, 0.25) is 0 Å². The van der Waals surface area contributed by atoms with Crippen LogP contribution < -0.4 is 0 Å². The van der Waals surface area contributed by atoms with Crippen LogP contribution in [0.3, 0.4) is 0 Å². The second-order valence-electron chi connectivity index (χ2n) is 4.45. The van der Waals surface area contributed by atoms with E-state index in [2.05, 4.69) is 0 Å². The van der Waals surface area contributed by atoms with Crippen molar-refractivity contribution in [1.82, 2.24) is 0 Å². The molecule has 0 fully saturated rings. The van der Waals surface area contributed by atoms with E-state index in [-0.39, 0.29) is 20.9 Å². The number of carboxylic acid groups (broad SMARTS) is 2. The van der Waals surface area contributed by atoms with Crippen molar-refractivity contribution in [2.24, 2.45) is 0 Å². The van der Waals surface area contributed by atoms with E-state index in [1.165, 1.54) is 12.1 Å². The van der Waals surface area contributed by atoms with Crippen molar-refractivity contribution in [3.63, 3.8) is 0 Å². The first-order valence-electron chi connectivity index (χ1n) is 6.14. The number of hydrogen-bond donors (Lipinski definition) is 2. The number of halogens is 3. The van der Waals surface area contributed by atoms with Gasteiger partial charge in [-0.3, -0.25) is 0 Å². The summed E-state index contributed by atoms with van der Waals surface area (Å²) < 4.78 is 38.1. The predicted molar refractivity (Wildman–Crippen MR) is 75.9 cm³/mol. The summed E-state index contributed by atoms with van der Waals surface area (Å²) >= 11 is 0.760. The fourth-order valence-corrected chi connectivity index (χ4v) is 2.82. The van der Waals surface area contributed by atoms with Crippen molar-refractivity contribution in [1.29, 1.82) is 0 Å². The smallest absolute Gasteiger partial charge is 0.416 e. The third-order valence-corrected chi connectivity index (χ3v) is 3.90. The van der Waals surface area contributed by atoms with Crippen LogP contribution in [0.5, 0.6) is 0 Å². The van der Waals surface area contributed by atoms with E-state index in [0.29, 0.717) is 0 Å². The molecule has 0 heterocycles. The summed E-state index contributed by atoms with van der Waals surface area (Å²) in [5, 5.41) is 18.1. The lowest BCUT2D eigenvalue weighted by Crippen LogP contribution is -2.05. The topological polar surface area (TPSA) is 74.6 Å². The molecular weight excluding hydrogens is 333 g/mol. The van der Waals surface area contributed by atoms with Crippen LogP contribution in [0.25, 0.3) is 0 Å². The summed E-state index contributed by atoms with van der Waals surface area (Å²) in [6.45, 7) is 0. The molecule has 0 aliphatic heterocycles. The minimum Gasteiger partial charge on any atom is -0.478 e. The van der Waals surface area contributed by atoms with Crippen molar-refractivity contribution >= 4 is 23.7 Å². The number of alkyl halides is 3. The molecule has 0 amide bonds. The van der Waals surface area contributed by atoms with Gasteiger partial charge in [-0.15, -0.1) is 0 Å². The van der Waals surface area contributed by atoms with Crippen LogP contribution >= 0.6 is 11.8 Å². The van der Waals surface area contributed by atoms with Gasteiger partial charge in [0.25, 0.3) is 0 Å². The van der Waals surface area contributed by atoms with Crippen molar-refractivity contribution in [3.05, 3.63) is 59.2 Å². The fraction of sp³-hybridized carbons (Fsp3) is 0.0667. The molecule has 0 atom stereocenters. The van der Waals surface area contributed by atoms with E-state index >= 15 is 0 Å². The Morgan fingerprint density at radius 1 is 0.957 bits per heavy atom. The molecule has 2 rings (SSSR count). The Morgan fingerprint density at radius 3 is 2.22 bits per heavy atom. The Hall–Kier alpha value is -2.48. The minimum atomic E-state index is -4.52. The van der Waals surface area contributed by atoms with Crippen molar-refractivity contribution in [2.75, 3.05) is 0 Å². The first kappa shape index (κ1) is 16.9. The van der Waals surface area contributed by atoms with E-state index in [0.717, 1.165) is 42.1 Å². The number of aromatic carboxylic acids is 2. The Labute approximate surface area is 132 Å². The van der Waals surface area contributed by atoms with Gasteiger partial charge >= 0.3 is 18.1 Å². The number of carboxylic acids is 2. The molecule has 2 aromatic rings. The van der Waals surface area contributed by atoms with E-state index < -0.39 is 23.7 Å². The molecule has 120 valence electrons. The standard InChI is InChI=1S/C15H9F3O4S/c16-15(17,18)9-2-1-3-10(7-9)23-12-6-8(13(19)20)4-5-11(12)14(21)22/h1-7H,(H,19,20)(H,21,22). The Balaban J connectivity index is 2.44. The highest BCUT2D eigenvalue weighted by Gasteiger charge is 2.30. The summed E-state index contributed by atoms with van der Waals surface area (Å²) in [7, 11) is 0. The highest BCUT2D eigenvalue weighted by molar-refractivity contribution is 7.99. The van der Waals surface area contributed by atoms with E-state index in [1.54, 1.807) is 0 Å². The molecule has 0 saturated carbocycles. The third-order valence-electron chi connectivity index (χ3n) is 2.85. The average Bonchev–Trinajstić information content (AvgIpc) is 2.46. The SMILES string of the molecule is O=C(O)c1ccc(C(=O)O)c(Sc2cccc(C(F)(F)F)c2)c1. The lowest BCUT2D eigenvalue weighted by atomic mass is 10.1. The zero-order valence-electron chi connectivity index (χ0n) is 11.3. The Bertz CT molecular complexity index is 772.